The Morgan fingerprint density at radius 1 is 1.50 bits per heavy atom. The second kappa shape index (κ2) is 5.50. The van der Waals surface area contributed by atoms with Crippen LogP contribution < -0.4 is 0 Å². The number of nitrogens with zero attached hydrogens (tertiary/aromatic N) is 3. The van der Waals surface area contributed by atoms with Gasteiger partial charge in [-0.2, -0.15) is 5.10 Å². The maximum absolute atomic E-state index is 12.1. The maximum Gasteiger partial charge on any atom is 0.289 e. The lowest BCUT2D eigenvalue weighted by Gasteiger charge is -2.24. The summed E-state index contributed by atoms with van der Waals surface area (Å²) in [4.78, 5) is 13.6. The van der Waals surface area contributed by atoms with E-state index in [2.05, 4.69) is 5.10 Å². The normalized spacial score (nSPS) is 11.6. The van der Waals surface area contributed by atoms with Crippen molar-refractivity contribution in [3.8, 4) is 0 Å². The van der Waals surface area contributed by atoms with Gasteiger partial charge in [-0.15, -0.1) is 0 Å². The molecule has 0 spiro atoms. The molecule has 108 valence electrons. The number of carbonyl (C=O) groups is 1. The first kappa shape index (κ1) is 14.3. The van der Waals surface area contributed by atoms with E-state index in [1.54, 1.807) is 43.9 Å². The van der Waals surface area contributed by atoms with Crippen molar-refractivity contribution in [3.63, 3.8) is 0 Å². The van der Waals surface area contributed by atoms with Crippen LogP contribution in [0, 0.1) is 0 Å². The van der Waals surface area contributed by atoms with Gasteiger partial charge in [-0.3, -0.25) is 9.48 Å². The summed E-state index contributed by atoms with van der Waals surface area (Å²) in [7, 11) is 1.63. The van der Waals surface area contributed by atoms with Gasteiger partial charge in [0.05, 0.1) is 12.1 Å². The number of aromatic nitrogens is 2. The van der Waals surface area contributed by atoms with Crippen molar-refractivity contribution in [2.45, 2.75) is 26.0 Å². The van der Waals surface area contributed by atoms with Gasteiger partial charge in [0, 0.05) is 26.0 Å². The molecule has 0 bridgehead atoms. The van der Waals surface area contributed by atoms with Crippen LogP contribution >= 0.6 is 0 Å². The zero-order valence-electron chi connectivity index (χ0n) is 11.9. The van der Waals surface area contributed by atoms with Crippen LogP contribution in [-0.4, -0.2) is 44.9 Å². The van der Waals surface area contributed by atoms with Gasteiger partial charge in [0.15, 0.2) is 5.76 Å². The zero-order valence-corrected chi connectivity index (χ0v) is 11.9. The van der Waals surface area contributed by atoms with E-state index in [1.165, 1.54) is 4.90 Å². The molecule has 0 radical (unpaired) electrons. The average molecular weight is 277 g/mol. The Balaban J connectivity index is 2.02. The Morgan fingerprint density at radius 3 is 2.85 bits per heavy atom. The van der Waals surface area contributed by atoms with Gasteiger partial charge in [-0.25, -0.2) is 0 Å². The summed E-state index contributed by atoms with van der Waals surface area (Å²) in [6.07, 6.45) is 3.51. The van der Waals surface area contributed by atoms with Crippen molar-refractivity contribution in [2.75, 3.05) is 13.6 Å². The number of hydrogen-bond acceptors (Lipinski definition) is 4. The first-order valence-corrected chi connectivity index (χ1v) is 6.39. The fourth-order valence-electron chi connectivity index (χ4n) is 1.97. The minimum absolute atomic E-state index is 0.237. The van der Waals surface area contributed by atoms with E-state index in [4.69, 9.17) is 4.42 Å². The smallest absolute Gasteiger partial charge is 0.289 e. The molecule has 0 fully saturated rings. The molecule has 0 aliphatic heterocycles. The summed E-state index contributed by atoms with van der Waals surface area (Å²) in [5.41, 5.74) is -0.936. The topological polar surface area (TPSA) is 71.5 Å². The number of rotatable bonds is 5. The van der Waals surface area contributed by atoms with Crippen LogP contribution in [0.3, 0.4) is 0 Å². The van der Waals surface area contributed by atoms with E-state index in [1.807, 2.05) is 12.3 Å². The Hall–Kier alpha value is -2.08. The predicted molar refractivity (Wildman–Crippen MR) is 73.3 cm³/mol. The van der Waals surface area contributed by atoms with Crippen LogP contribution in [0.4, 0.5) is 0 Å². The summed E-state index contributed by atoms with van der Waals surface area (Å²) >= 11 is 0. The average Bonchev–Trinajstić information content (AvgIpc) is 2.97. The maximum atomic E-state index is 12.1. The van der Waals surface area contributed by atoms with Crippen molar-refractivity contribution in [3.05, 3.63) is 42.1 Å². The quantitative estimate of drug-likeness (QED) is 0.896. The van der Waals surface area contributed by atoms with Crippen molar-refractivity contribution in [2.24, 2.45) is 0 Å². The lowest BCUT2D eigenvalue weighted by atomic mass is 10.1. The van der Waals surface area contributed by atoms with Gasteiger partial charge in [0.2, 0.25) is 0 Å². The molecule has 0 saturated heterocycles. The fourth-order valence-corrected chi connectivity index (χ4v) is 1.97. The highest BCUT2D eigenvalue weighted by Gasteiger charge is 2.22. The van der Waals surface area contributed by atoms with E-state index >= 15 is 0 Å². The summed E-state index contributed by atoms with van der Waals surface area (Å²) in [5.74, 6) is 0.673. The molecule has 2 aromatic heterocycles. The van der Waals surface area contributed by atoms with Crippen molar-refractivity contribution in [1.82, 2.24) is 14.7 Å². The molecule has 1 N–H and O–H groups in total. The van der Waals surface area contributed by atoms with E-state index in [0.29, 0.717) is 12.3 Å². The lowest BCUT2D eigenvalue weighted by Crippen LogP contribution is -2.39. The molecule has 1 amide bonds. The summed E-state index contributed by atoms with van der Waals surface area (Å²) in [5, 5.41) is 13.8. The molecule has 2 heterocycles. The van der Waals surface area contributed by atoms with Crippen LogP contribution in [0.5, 0.6) is 0 Å². The highest BCUT2D eigenvalue weighted by molar-refractivity contribution is 5.91. The Labute approximate surface area is 117 Å². The highest BCUT2D eigenvalue weighted by atomic mass is 16.4. The van der Waals surface area contributed by atoms with E-state index in [9.17, 15) is 9.90 Å². The second-order valence-electron chi connectivity index (χ2n) is 5.44. The number of furan rings is 1. The van der Waals surface area contributed by atoms with Gasteiger partial charge >= 0.3 is 0 Å². The van der Waals surface area contributed by atoms with E-state index in [-0.39, 0.29) is 18.2 Å². The Morgan fingerprint density at radius 2 is 2.25 bits per heavy atom. The molecule has 6 nitrogen and oxygen atoms in total. The standard InChI is InChI=1S/C14H19N3O3/c1-14(2,19)10-16(3)13(18)12-6-5-11(20-12)9-17-8-4-7-15-17/h4-8,19H,9-10H2,1-3H3. The Kier molecular flexibility index (Phi) is 3.94. The van der Waals surface area contributed by atoms with Gasteiger partial charge in [0.25, 0.3) is 5.91 Å². The molecular formula is C14H19N3O3. The Bertz CT molecular complexity index is 567. The molecule has 0 atom stereocenters. The minimum atomic E-state index is -0.936. The van der Waals surface area contributed by atoms with Gasteiger partial charge in [-0.05, 0) is 32.0 Å². The SMILES string of the molecule is CN(CC(C)(C)O)C(=O)c1ccc(Cn2cccn2)o1. The van der Waals surface area contributed by atoms with Crippen LogP contribution in [0.15, 0.2) is 35.0 Å². The minimum Gasteiger partial charge on any atom is -0.454 e. The molecule has 0 aliphatic rings. The summed E-state index contributed by atoms with van der Waals surface area (Å²) in [6.45, 7) is 4.03. The first-order valence-electron chi connectivity index (χ1n) is 6.39. The largest absolute Gasteiger partial charge is 0.454 e. The van der Waals surface area contributed by atoms with Crippen LogP contribution in [0.1, 0.15) is 30.2 Å². The molecular weight excluding hydrogens is 258 g/mol. The van der Waals surface area contributed by atoms with Gasteiger partial charge in [-0.1, -0.05) is 0 Å². The van der Waals surface area contributed by atoms with Crippen molar-refractivity contribution in [1.29, 1.82) is 0 Å². The number of carbonyl (C=O) groups excluding carboxylic acids is 1. The lowest BCUT2D eigenvalue weighted by molar-refractivity contribution is 0.0351. The summed E-state index contributed by atoms with van der Waals surface area (Å²) in [6, 6.07) is 5.22. The molecule has 6 heteroatoms. The molecule has 0 aliphatic carbocycles. The first-order chi connectivity index (χ1) is 9.35. The van der Waals surface area contributed by atoms with Crippen LogP contribution in [-0.2, 0) is 6.54 Å². The number of amides is 1. The van der Waals surface area contributed by atoms with Gasteiger partial charge < -0.3 is 14.4 Å². The molecule has 0 unspecified atom stereocenters. The number of likely N-dealkylation sites (N-methyl/N-ethyl adjacent to an activating group) is 1. The third-order valence-corrected chi connectivity index (χ3v) is 2.72. The molecule has 0 saturated carbocycles. The predicted octanol–water partition coefficient (Wildman–Crippen LogP) is 1.37. The van der Waals surface area contributed by atoms with E-state index < -0.39 is 5.60 Å². The van der Waals surface area contributed by atoms with Crippen LogP contribution in [0.2, 0.25) is 0 Å². The third kappa shape index (κ3) is 3.71. The zero-order chi connectivity index (χ0) is 14.8. The van der Waals surface area contributed by atoms with E-state index in [0.717, 1.165) is 0 Å². The van der Waals surface area contributed by atoms with Crippen LogP contribution in [0.25, 0.3) is 0 Å². The van der Waals surface area contributed by atoms with Crippen molar-refractivity contribution < 1.29 is 14.3 Å². The molecule has 2 aromatic rings. The monoisotopic (exact) mass is 277 g/mol. The van der Waals surface area contributed by atoms with Gasteiger partial charge in [0.1, 0.15) is 5.76 Å². The molecule has 2 rings (SSSR count). The number of hydrogen-bond donors (Lipinski definition) is 1. The fraction of sp³-hybridized carbons (Fsp3) is 0.429. The molecule has 20 heavy (non-hydrogen) atoms. The van der Waals surface area contributed by atoms with Crippen molar-refractivity contribution >= 4 is 5.91 Å². The number of aliphatic hydroxyl groups is 1. The highest BCUT2D eigenvalue weighted by Crippen LogP contribution is 2.13. The molecule has 0 aromatic carbocycles. The second-order valence-corrected chi connectivity index (χ2v) is 5.44. The third-order valence-electron chi connectivity index (χ3n) is 2.72. The summed E-state index contributed by atoms with van der Waals surface area (Å²) < 4.78 is 7.24.